The Labute approximate surface area is 171 Å². The lowest BCUT2D eigenvalue weighted by molar-refractivity contribution is 0.141. The molecule has 29 heavy (non-hydrogen) atoms. The Morgan fingerprint density at radius 1 is 1.21 bits per heavy atom. The van der Waals surface area contributed by atoms with Crippen molar-refractivity contribution in [3.05, 3.63) is 69.5 Å². The van der Waals surface area contributed by atoms with E-state index in [0.29, 0.717) is 36.6 Å². The predicted octanol–water partition coefficient (Wildman–Crippen LogP) is 4.28. The van der Waals surface area contributed by atoms with Crippen LogP contribution in [0.4, 0.5) is 5.95 Å². The number of ether oxygens (including phenoxy) is 1. The first-order chi connectivity index (χ1) is 14.0. The second kappa shape index (κ2) is 9.47. The SMILES string of the molecule is CCOCCCn1c(N/N=C(/C)c2cc(C)ccc2C)nc2ccccc2c1=O. The number of hydrazone groups is 1. The van der Waals surface area contributed by atoms with Crippen LogP contribution in [0.1, 0.15) is 37.0 Å². The average molecular weight is 393 g/mol. The number of nitrogens with zero attached hydrogens (tertiary/aromatic N) is 3. The molecule has 2 aromatic carbocycles. The highest BCUT2D eigenvalue weighted by atomic mass is 16.5. The molecule has 0 aliphatic heterocycles. The molecule has 3 aromatic rings. The van der Waals surface area contributed by atoms with Gasteiger partial charge < -0.3 is 4.74 Å². The molecule has 0 saturated carbocycles. The van der Waals surface area contributed by atoms with Crippen molar-refractivity contribution >= 4 is 22.6 Å². The van der Waals surface area contributed by atoms with Gasteiger partial charge in [-0.15, -0.1) is 0 Å². The normalized spacial score (nSPS) is 11.8. The maximum absolute atomic E-state index is 13.0. The highest BCUT2D eigenvalue weighted by Crippen LogP contribution is 2.14. The quantitative estimate of drug-likeness (QED) is 0.353. The van der Waals surface area contributed by atoms with Crippen molar-refractivity contribution < 1.29 is 4.74 Å². The van der Waals surface area contributed by atoms with Crippen LogP contribution in [-0.4, -0.2) is 28.5 Å². The molecule has 152 valence electrons. The second-order valence-electron chi connectivity index (χ2n) is 7.09. The summed E-state index contributed by atoms with van der Waals surface area (Å²) in [6.45, 7) is 9.80. The van der Waals surface area contributed by atoms with E-state index in [9.17, 15) is 4.79 Å². The molecule has 0 bridgehead atoms. The molecule has 0 spiro atoms. The monoisotopic (exact) mass is 392 g/mol. The van der Waals surface area contributed by atoms with Gasteiger partial charge in [-0.1, -0.05) is 29.8 Å². The lowest BCUT2D eigenvalue weighted by Crippen LogP contribution is -2.25. The Morgan fingerprint density at radius 3 is 2.79 bits per heavy atom. The summed E-state index contributed by atoms with van der Waals surface area (Å²) in [5, 5.41) is 5.13. The van der Waals surface area contributed by atoms with E-state index >= 15 is 0 Å². The minimum atomic E-state index is -0.0748. The van der Waals surface area contributed by atoms with E-state index in [2.05, 4.69) is 47.6 Å². The van der Waals surface area contributed by atoms with Crippen LogP contribution in [0.15, 0.2) is 52.4 Å². The van der Waals surface area contributed by atoms with Crippen LogP contribution in [0.2, 0.25) is 0 Å². The van der Waals surface area contributed by atoms with Crippen LogP contribution in [0.25, 0.3) is 10.9 Å². The van der Waals surface area contributed by atoms with Crippen LogP contribution < -0.4 is 11.0 Å². The Balaban J connectivity index is 1.96. The van der Waals surface area contributed by atoms with Gasteiger partial charge in [0.2, 0.25) is 5.95 Å². The summed E-state index contributed by atoms with van der Waals surface area (Å²) in [5.41, 5.74) is 7.85. The first-order valence-electron chi connectivity index (χ1n) is 9.96. The number of fused-ring (bicyclic) bond motifs is 1. The molecule has 0 radical (unpaired) electrons. The summed E-state index contributed by atoms with van der Waals surface area (Å²) in [6, 6.07) is 13.7. The van der Waals surface area contributed by atoms with Crippen LogP contribution in [0.5, 0.6) is 0 Å². The molecule has 1 heterocycles. The third kappa shape index (κ3) is 4.90. The molecule has 3 rings (SSSR count). The Bertz CT molecular complexity index is 1090. The largest absolute Gasteiger partial charge is 0.382 e. The number of aromatic nitrogens is 2. The Kier molecular flexibility index (Phi) is 6.77. The van der Waals surface area contributed by atoms with Crippen molar-refractivity contribution in [2.24, 2.45) is 5.10 Å². The number of hydrogen-bond donors (Lipinski definition) is 1. The molecule has 1 aromatic heterocycles. The fourth-order valence-corrected chi connectivity index (χ4v) is 3.25. The van der Waals surface area contributed by atoms with Gasteiger partial charge >= 0.3 is 0 Å². The van der Waals surface area contributed by atoms with E-state index in [4.69, 9.17) is 4.74 Å². The first-order valence-corrected chi connectivity index (χ1v) is 9.96. The highest BCUT2D eigenvalue weighted by molar-refractivity contribution is 6.00. The van der Waals surface area contributed by atoms with E-state index in [-0.39, 0.29) is 5.56 Å². The lowest BCUT2D eigenvalue weighted by Gasteiger charge is -2.14. The van der Waals surface area contributed by atoms with Gasteiger partial charge in [0.25, 0.3) is 5.56 Å². The molecule has 0 saturated heterocycles. The zero-order valence-electron chi connectivity index (χ0n) is 17.5. The van der Waals surface area contributed by atoms with E-state index in [1.807, 2.05) is 32.0 Å². The van der Waals surface area contributed by atoms with E-state index in [1.54, 1.807) is 10.6 Å². The van der Waals surface area contributed by atoms with Gasteiger partial charge in [-0.3, -0.25) is 9.36 Å². The third-order valence-corrected chi connectivity index (χ3v) is 4.84. The minimum absolute atomic E-state index is 0.0748. The number of rotatable bonds is 8. The smallest absolute Gasteiger partial charge is 0.262 e. The summed E-state index contributed by atoms with van der Waals surface area (Å²) in [7, 11) is 0. The summed E-state index contributed by atoms with van der Waals surface area (Å²) in [6.07, 6.45) is 0.724. The fraction of sp³-hybridized carbons (Fsp3) is 0.348. The van der Waals surface area contributed by atoms with E-state index in [1.165, 1.54) is 5.56 Å². The number of para-hydroxylation sites is 1. The molecule has 1 N–H and O–H groups in total. The molecule has 0 unspecified atom stereocenters. The molecule has 0 aliphatic rings. The van der Waals surface area contributed by atoms with Gasteiger partial charge in [0.1, 0.15) is 0 Å². The van der Waals surface area contributed by atoms with Crippen molar-refractivity contribution in [1.29, 1.82) is 0 Å². The van der Waals surface area contributed by atoms with Crippen molar-refractivity contribution in [3.8, 4) is 0 Å². The molecule has 6 heteroatoms. The fourth-order valence-electron chi connectivity index (χ4n) is 3.25. The molecular formula is C23H28N4O2. The number of nitrogens with one attached hydrogen (secondary N) is 1. The van der Waals surface area contributed by atoms with Gasteiger partial charge in [0.15, 0.2) is 0 Å². The van der Waals surface area contributed by atoms with Crippen LogP contribution in [0, 0.1) is 13.8 Å². The predicted molar refractivity (Wildman–Crippen MR) is 119 cm³/mol. The standard InChI is InChI=1S/C23H28N4O2/c1-5-29-14-8-13-27-22(28)19-9-6-7-10-21(19)24-23(27)26-25-18(4)20-15-16(2)11-12-17(20)3/h6-7,9-12,15H,5,8,13-14H2,1-4H3,(H,24,26)/b25-18-. The van der Waals surface area contributed by atoms with Gasteiger partial charge in [-0.25, -0.2) is 10.4 Å². The number of hydrogen-bond acceptors (Lipinski definition) is 5. The zero-order valence-corrected chi connectivity index (χ0v) is 17.5. The van der Waals surface area contributed by atoms with Crippen molar-refractivity contribution in [2.75, 3.05) is 18.6 Å². The van der Waals surface area contributed by atoms with Crippen LogP contribution in [-0.2, 0) is 11.3 Å². The topological polar surface area (TPSA) is 68.5 Å². The summed E-state index contributed by atoms with van der Waals surface area (Å²) >= 11 is 0. The average Bonchev–Trinajstić information content (AvgIpc) is 2.72. The zero-order chi connectivity index (χ0) is 20.8. The second-order valence-corrected chi connectivity index (χ2v) is 7.09. The van der Waals surface area contributed by atoms with E-state index < -0.39 is 0 Å². The first kappa shape index (κ1) is 20.7. The van der Waals surface area contributed by atoms with Crippen LogP contribution in [0.3, 0.4) is 0 Å². The maximum Gasteiger partial charge on any atom is 0.262 e. The van der Waals surface area contributed by atoms with Crippen molar-refractivity contribution in [3.63, 3.8) is 0 Å². The molecule has 0 amide bonds. The summed E-state index contributed by atoms with van der Waals surface area (Å²) in [4.78, 5) is 17.7. The Morgan fingerprint density at radius 2 is 2.00 bits per heavy atom. The third-order valence-electron chi connectivity index (χ3n) is 4.84. The highest BCUT2D eigenvalue weighted by Gasteiger charge is 2.11. The molecule has 6 nitrogen and oxygen atoms in total. The summed E-state index contributed by atoms with van der Waals surface area (Å²) in [5.74, 6) is 0.440. The van der Waals surface area contributed by atoms with Gasteiger partial charge in [-0.05, 0) is 57.9 Å². The lowest BCUT2D eigenvalue weighted by atomic mass is 10.0. The van der Waals surface area contributed by atoms with Crippen molar-refractivity contribution in [1.82, 2.24) is 9.55 Å². The maximum atomic E-state index is 13.0. The van der Waals surface area contributed by atoms with Gasteiger partial charge in [-0.2, -0.15) is 5.10 Å². The number of anilines is 1. The molecule has 0 atom stereocenters. The van der Waals surface area contributed by atoms with Crippen molar-refractivity contribution in [2.45, 2.75) is 40.7 Å². The summed E-state index contributed by atoms with van der Waals surface area (Å²) < 4.78 is 7.06. The number of aryl methyl sites for hydroxylation is 2. The van der Waals surface area contributed by atoms with Gasteiger partial charge in [0.05, 0.1) is 16.6 Å². The van der Waals surface area contributed by atoms with Gasteiger partial charge in [0, 0.05) is 25.3 Å². The molecule has 0 aliphatic carbocycles. The van der Waals surface area contributed by atoms with Crippen LogP contribution >= 0.6 is 0 Å². The minimum Gasteiger partial charge on any atom is -0.382 e. The Hall–Kier alpha value is -2.99. The number of benzene rings is 2. The van der Waals surface area contributed by atoms with E-state index in [0.717, 1.165) is 23.3 Å². The molecular weight excluding hydrogens is 364 g/mol. The molecule has 0 fully saturated rings.